The van der Waals surface area contributed by atoms with Gasteiger partial charge in [-0.3, -0.25) is 0 Å². The number of hydrogen-bond donors (Lipinski definition) is 2. The van der Waals surface area contributed by atoms with Crippen LogP contribution in [0.2, 0.25) is 0 Å². The fourth-order valence-corrected chi connectivity index (χ4v) is 0.940. The molecule has 0 aromatic heterocycles. The molecule has 0 bridgehead atoms. The lowest BCUT2D eigenvalue weighted by atomic mass is 10.1. The minimum absolute atomic E-state index is 0.372. The Balaban J connectivity index is 2.53. The summed E-state index contributed by atoms with van der Waals surface area (Å²) in [5, 5.41) is 8.50. The molecule has 0 spiro atoms. The third kappa shape index (κ3) is 1.14. The van der Waals surface area contributed by atoms with Crippen molar-refractivity contribution in [3.05, 3.63) is 6.92 Å². The molecule has 0 aromatic carbocycles. The summed E-state index contributed by atoms with van der Waals surface area (Å²) in [6, 6.07) is -0.808. The molecule has 0 saturated carbocycles. The zero-order valence-corrected chi connectivity index (χ0v) is 5.40. The summed E-state index contributed by atoms with van der Waals surface area (Å²) in [6.45, 7) is 4.86. The molecule has 1 saturated heterocycles. The quantitative estimate of drug-likeness (QED) is 0.506. The van der Waals surface area contributed by atoms with Crippen LogP contribution in [0.4, 0.5) is 4.39 Å². The lowest BCUT2D eigenvalue weighted by Gasteiger charge is -2.08. The monoisotopic (exact) mass is 147 g/mol. The molecule has 2 unspecified atom stereocenters. The summed E-state index contributed by atoms with van der Waals surface area (Å²) in [5.41, 5.74) is 5.25. The SMILES string of the molecule is [CH]C1O[C@H](CO)[C@H](F)C1N. The molecule has 10 heavy (non-hydrogen) atoms. The average Bonchev–Trinajstić information content (AvgIpc) is 2.17. The second-order valence-electron chi connectivity index (χ2n) is 2.34. The van der Waals surface area contributed by atoms with Gasteiger partial charge < -0.3 is 15.6 Å². The van der Waals surface area contributed by atoms with Crippen LogP contribution in [0.1, 0.15) is 0 Å². The molecule has 1 heterocycles. The largest absolute Gasteiger partial charge is 0.394 e. The van der Waals surface area contributed by atoms with E-state index in [0.29, 0.717) is 0 Å². The van der Waals surface area contributed by atoms with E-state index in [0.717, 1.165) is 0 Å². The molecular weight excluding hydrogens is 137 g/mol. The number of rotatable bonds is 1. The second-order valence-corrected chi connectivity index (χ2v) is 2.34. The van der Waals surface area contributed by atoms with E-state index >= 15 is 0 Å². The summed E-state index contributed by atoms with van der Waals surface area (Å²) >= 11 is 0. The molecule has 2 radical (unpaired) electrons. The van der Waals surface area contributed by atoms with E-state index in [-0.39, 0.29) is 6.61 Å². The third-order valence-electron chi connectivity index (χ3n) is 1.61. The van der Waals surface area contributed by atoms with Crippen LogP contribution in [0, 0.1) is 6.92 Å². The van der Waals surface area contributed by atoms with E-state index in [4.69, 9.17) is 22.5 Å². The first-order valence-electron chi connectivity index (χ1n) is 3.08. The van der Waals surface area contributed by atoms with Gasteiger partial charge in [0.15, 0.2) is 0 Å². The van der Waals surface area contributed by atoms with Gasteiger partial charge in [0.2, 0.25) is 0 Å². The molecule has 4 atom stereocenters. The van der Waals surface area contributed by atoms with Gasteiger partial charge in [-0.1, -0.05) is 0 Å². The van der Waals surface area contributed by atoms with Crippen molar-refractivity contribution in [2.24, 2.45) is 5.73 Å². The molecule has 0 aromatic rings. The van der Waals surface area contributed by atoms with Crippen molar-refractivity contribution >= 4 is 0 Å². The van der Waals surface area contributed by atoms with Gasteiger partial charge in [-0.15, -0.1) is 0 Å². The molecule has 4 heteroatoms. The van der Waals surface area contributed by atoms with Crippen molar-refractivity contribution in [3.8, 4) is 0 Å². The highest BCUT2D eigenvalue weighted by atomic mass is 19.1. The number of halogens is 1. The highest BCUT2D eigenvalue weighted by Crippen LogP contribution is 2.21. The van der Waals surface area contributed by atoms with E-state index < -0.39 is 24.4 Å². The van der Waals surface area contributed by atoms with Crippen LogP contribution in [-0.2, 0) is 4.74 Å². The highest BCUT2D eigenvalue weighted by Gasteiger charge is 2.39. The Bertz CT molecular complexity index is 122. The van der Waals surface area contributed by atoms with Crippen molar-refractivity contribution in [2.75, 3.05) is 6.61 Å². The summed E-state index contributed by atoms with van der Waals surface area (Å²) in [6.07, 6.45) is -2.97. The molecule has 1 aliphatic heterocycles. The smallest absolute Gasteiger partial charge is 0.146 e. The molecular formula is C6H10FNO2. The van der Waals surface area contributed by atoms with Gasteiger partial charge in [-0.05, 0) is 6.92 Å². The normalized spacial score (nSPS) is 48.0. The van der Waals surface area contributed by atoms with Gasteiger partial charge in [0.25, 0.3) is 0 Å². The highest BCUT2D eigenvalue weighted by molar-refractivity contribution is 4.94. The Hall–Kier alpha value is -0.190. The summed E-state index contributed by atoms with van der Waals surface area (Å²) < 4.78 is 17.5. The van der Waals surface area contributed by atoms with Gasteiger partial charge in [0, 0.05) is 0 Å². The van der Waals surface area contributed by atoms with E-state index in [9.17, 15) is 4.39 Å². The fraction of sp³-hybridized carbons (Fsp3) is 0.833. The molecule has 1 aliphatic rings. The second kappa shape index (κ2) is 2.82. The van der Waals surface area contributed by atoms with Gasteiger partial charge in [0.05, 0.1) is 18.8 Å². The fourth-order valence-electron chi connectivity index (χ4n) is 0.940. The maximum Gasteiger partial charge on any atom is 0.146 e. The van der Waals surface area contributed by atoms with Crippen LogP contribution in [-0.4, -0.2) is 36.1 Å². The molecule has 0 aliphatic carbocycles. The molecule has 58 valence electrons. The zero-order chi connectivity index (χ0) is 7.72. The van der Waals surface area contributed by atoms with Crippen LogP contribution in [0.25, 0.3) is 0 Å². The predicted molar refractivity (Wildman–Crippen MR) is 32.9 cm³/mol. The number of nitrogens with two attached hydrogens (primary N) is 1. The maximum atomic E-state index is 12.7. The van der Waals surface area contributed by atoms with Crippen molar-refractivity contribution in [3.63, 3.8) is 0 Å². The first-order chi connectivity index (χ1) is 4.66. The average molecular weight is 147 g/mol. The number of aliphatic hydroxyl groups is 1. The predicted octanol–water partition coefficient (Wildman–Crippen LogP) is -0.877. The van der Waals surface area contributed by atoms with Gasteiger partial charge in [-0.2, -0.15) is 0 Å². The van der Waals surface area contributed by atoms with Crippen LogP contribution in [0.5, 0.6) is 0 Å². The summed E-state index contributed by atoms with van der Waals surface area (Å²) in [4.78, 5) is 0. The van der Waals surface area contributed by atoms with Crippen LogP contribution < -0.4 is 5.73 Å². The number of alkyl halides is 1. The molecule has 0 amide bonds. The standard InChI is InChI=1S/C6H10FNO2/c1-3-6(8)5(7)4(2-9)10-3/h1,3-6,9H,2,8H2/t3?,4-,5+,6?/m1/s1. The Labute approximate surface area is 59.0 Å². The van der Waals surface area contributed by atoms with Crippen molar-refractivity contribution in [2.45, 2.75) is 24.4 Å². The Morgan fingerprint density at radius 1 is 1.70 bits per heavy atom. The third-order valence-corrected chi connectivity index (χ3v) is 1.61. The Kier molecular flexibility index (Phi) is 2.23. The minimum atomic E-state index is -1.35. The van der Waals surface area contributed by atoms with Crippen molar-refractivity contribution in [1.29, 1.82) is 0 Å². The zero-order valence-electron chi connectivity index (χ0n) is 5.40. The van der Waals surface area contributed by atoms with Crippen LogP contribution in [0.15, 0.2) is 0 Å². The van der Waals surface area contributed by atoms with Gasteiger partial charge >= 0.3 is 0 Å². The lowest BCUT2D eigenvalue weighted by Crippen LogP contribution is -2.37. The van der Waals surface area contributed by atoms with E-state index in [2.05, 4.69) is 0 Å². The van der Waals surface area contributed by atoms with E-state index in [1.54, 1.807) is 0 Å². The number of aliphatic hydroxyl groups excluding tert-OH is 1. The van der Waals surface area contributed by atoms with Crippen molar-refractivity contribution in [1.82, 2.24) is 0 Å². The minimum Gasteiger partial charge on any atom is -0.394 e. The van der Waals surface area contributed by atoms with Gasteiger partial charge in [0.1, 0.15) is 12.3 Å². The number of ether oxygens (including phenoxy) is 1. The van der Waals surface area contributed by atoms with Crippen LogP contribution in [0.3, 0.4) is 0 Å². The summed E-state index contributed by atoms with van der Waals surface area (Å²) in [7, 11) is 0. The maximum absolute atomic E-state index is 12.7. The van der Waals surface area contributed by atoms with E-state index in [1.807, 2.05) is 0 Å². The topological polar surface area (TPSA) is 55.5 Å². The molecule has 1 rings (SSSR count). The summed E-state index contributed by atoms with van der Waals surface area (Å²) in [5.74, 6) is 0. The van der Waals surface area contributed by atoms with Crippen molar-refractivity contribution < 1.29 is 14.2 Å². The Morgan fingerprint density at radius 2 is 2.30 bits per heavy atom. The lowest BCUT2D eigenvalue weighted by molar-refractivity contribution is 0.00860. The van der Waals surface area contributed by atoms with Crippen LogP contribution >= 0.6 is 0 Å². The molecule has 1 fully saturated rings. The molecule has 3 nitrogen and oxygen atoms in total. The number of hydrogen-bond acceptors (Lipinski definition) is 3. The van der Waals surface area contributed by atoms with Gasteiger partial charge in [-0.25, -0.2) is 4.39 Å². The Morgan fingerprint density at radius 3 is 2.50 bits per heavy atom. The first kappa shape index (κ1) is 7.91. The first-order valence-corrected chi connectivity index (χ1v) is 3.08. The van der Waals surface area contributed by atoms with E-state index in [1.165, 1.54) is 0 Å². The molecule has 3 N–H and O–H groups in total.